The molecule has 2 nitrogen and oxygen atoms in total. The molecule has 0 saturated carbocycles. The average Bonchev–Trinajstić information content (AvgIpc) is 2.46. The zero-order valence-electron chi connectivity index (χ0n) is 12.7. The summed E-state index contributed by atoms with van der Waals surface area (Å²) < 4.78 is 0. The molecule has 0 fully saturated rings. The molecule has 1 heterocycles. The molecular weight excluding hydrogens is 244 g/mol. The summed E-state index contributed by atoms with van der Waals surface area (Å²) in [5.74, 6) is 0.339. The lowest BCUT2D eigenvalue weighted by atomic mass is 9.91. The summed E-state index contributed by atoms with van der Waals surface area (Å²) >= 11 is 0. The molecule has 0 spiro atoms. The number of nitrogens with zero attached hydrogens (tertiary/aromatic N) is 1. The maximum absolute atomic E-state index is 4.93. The van der Waals surface area contributed by atoms with E-state index in [1.807, 2.05) is 6.08 Å². The third kappa shape index (κ3) is 3.01. The Morgan fingerprint density at radius 1 is 1.45 bits per heavy atom. The van der Waals surface area contributed by atoms with Gasteiger partial charge < -0.3 is 5.32 Å². The first kappa shape index (κ1) is 14.6. The lowest BCUT2D eigenvalue weighted by Gasteiger charge is -2.30. The van der Waals surface area contributed by atoms with Crippen LogP contribution in [0, 0.1) is 12.8 Å². The van der Waals surface area contributed by atoms with E-state index in [0.717, 1.165) is 24.2 Å². The molecule has 0 aromatic heterocycles. The Morgan fingerprint density at radius 2 is 2.25 bits per heavy atom. The lowest BCUT2D eigenvalue weighted by Crippen LogP contribution is -2.35. The number of hydrogen-bond donors (Lipinski definition) is 1. The van der Waals surface area contributed by atoms with Gasteiger partial charge in [-0.25, -0.2) is 0 Å². The molecule has 106 valence electrons. The van der Waals surface area contributed by atoms with Gasteiger partial charge >= 0.3 is 0 Å². The van der Waals surface area contributed by atoms with Crippen LogP contribution in [0.3, 0.4) is 0 Å². The van der Waals surface area contributed by atoms with Gasteiger partial charge in [-0.2, -0.15) is 0 Å². The van der Waals surface area contributed by atoms with Crippen molar-refractivity contribution < 1.29 is 0 Å². The first-order chi connectivity index (χ1) is 9.69. The molecular formula is C18H24N2. The van der Waals surface area contributed by atoms with E-state index in [-0.39, 0.29) is 6.04 Å². The Labute approximate surface area is 122 Å². The Kier molecular flexibility index (Phi) is 4.78. The normalized spacial score (nSPS) is 19.1. The van der Waals surface area contributed by atoms with Gasteiger partial charge in [0, 0.05) is 11.6 Å². The second-order valence-corrected chi connectivity index (χ2v) is 5.31. The van der Waals surface area contributed by atoms with Gasteiger partial charge in [0.1, 0.15) is 0 Å². The van der Waals surface area contributed by atoms with E-state index in [9.17, 15) is 0 Å². The fraction of sp³-hybridized carbons (Fsp3) is 0.389. The van der Waals surface area contributed by atoms with E-state index in [1.165, 1.54) is 11.3 Å². The van der Waals surface area contributed by atoms with Gasteiger partial charge in [0.2, 0.25) is 0 Å². The smallest absolute Gasteiger partial charge is 0.0864 e. The van der Waals surface area contributed by atoms with Crippen LogP contribution >= 0.6 is 0 Å². The van der Waals surface area contributed by atoms with Gasteiger partial charge in [-0.05, 0) is 44.4 Å². The highest BCUT2D eigenvalue weighted by atomic mass is 15.0. The summed E-state index contributed by atoms with van der Waals surface area (Å²) in [4.78, 5) is 4.93. The summed E-state index contributed by atoms with van der Waals surface area (Å²) in [5.41, 5.74) is 4.63. The lowest BCUT2D eigenvalue weighted by molar-refractivity contribution is 0.762. The second kappa shape index (κ2) is 6.56. The molecule has 0 amide bonds. The van der Waals surface area contributed by atoms with E-state index in [0.29, 0.717) is 5.92 Å². The number of aryl methyl sites for hydroxylation is 1. The van der Waals surface area contributed by atoms with Gasteiger partial charge in [-0.3, -0.25) is 4.99 Å². The van der Waals surface area contributed by atoms with Crippen LogP contribution in [0.25, 0.3) is 0 Å². The Balaban J connectivity index is 2.41. The van der Waals surface area contributed by atoms with Gasteiger partial charge in [0.15, 0.2) is 0 Å². The molecule has 1 aromatic carbocycles. The molecule has 1 aromatic rings. The van der Waals surface area contributed by atoms with Crippen molar-refractivity contribution in [2.75, 3.05) is 5.32 Å². The SMILES string of the molecule is C=CC(CC)C1=Nc2cc(C)ccc2NC1C/C=C\C. The average molecular weight is 268 g/mol. The summed E-state index contributed by atoms with van der Waals surface area (Å²) in [5, 5.41) is 3.63. The Hall–Kier alpha value is -1.83. The summed E-state index contributed by atoms with van der Waals surface area (Å²) in [6, 6.07) is 6.67. The van der Waals surface area contributed by atoms with Crippen molar-refractivity contribution in [3.63, 3.8) is 0 Å². The highest BCUT2D eigenvalue weighted by Crippen LogP contribution is 2.33. The second-order valence-electron chi connectivity index (χ2n) is 5.31. The van der Waals surface area contributed by atoms with Crippen molar-refractivity contribution in [2.24, 2.45) is 10.9 Å². The van der Waals surface area contributed by atoms with Crippen LogP contribution in [0.15, 0.2) is 48.0 Å². The molecule has 2 unspecified atom stereocenters. The van der Waals surface area contributed by atoms with E-state index in [2.05, 4.69) is 63.0 Å². The van der Waals surface area contributed by atoms with Gasteiger partial charge in [0.05, 0.1) is 17.4 Å². The number of hydrogen-bond acceptors (Lipinski definition) is 2. The number of rotatable bonds is 5. The predicted octanol–water partition coefficient (Wildman–Crippen LogP) is 5.04. The van der Waals surface area contributed by atoms with Crippen molar-refractivity contribution in [3.8, 4) is 0 Å². The molecule has 0 bridgehead atoms. The number of anilines is 1. The first-order valence-corrected chi connectivity index (χ1v) is 7.39. The van der Waals surface area contributed by atoms with E-state index >= 15 is 0 Å². The molecule has 0 saturated heterocycles. The topological polar surface area (TPSA) is 24.4 Å². The maximum Gasteiger partial charge on any atom is 0.0864 e. The van der Waals surface area contributed by atoms with Crippen LogP contribution in [-0.2, 0) is 0 Å². The van der Waals surface area contributed by atoms with Crippen LogP contribution in [0.2, 0.25) is 0 Å². The number of allylic oxidation sites excluding steroid dienone is 2. The zero-order chi connectivity index (χ0) is 14.5. The zero-order valence-corrected chi connectivity index (χ0v) is 12.7. The van der Waals surface area contributed by atoms with Crippen LogP contribution in [0.1, 0.15) is 32.3 Å². The van der Waals surface area contributed by atoms with Gasteiger partial charge in [-0.15, -0.1) is 6.58 Å². The van der Waals surface area contributed by atoms with Crippen LogP contribution in [0.4, 0.5) is 11.4 Å². The quantitative estimate of drug-likeness (QED) is 0.743. The van der Waals surface area contributed by atoms with Crippen molar-refractivity contribution in [1.29, 1.82) is 0 Å². The van der Waals surface area contributed by atoms with E-state index in [4.69, 9.17) is 4.99 Å². The summed E-state index contributed by atoms with van der Waals surface area (Å²) in [7, 11) is 0. The first-order valence-electron chi connectivity index (χ1n) is 7.39. The molecule has 1 aliphatic heterocycles. The maximum atomic E-state index is 4.93. The van der Waals surface area contributed by atoms with Crippen molar-refractivity contribution >= 4 is 17.1 Å². The number of aliphatic imine (C=N–C) groups is 1. The number of fused-ring (bicyclic) bond motifs is 1. The molecule has 1 aliphatic rings. The molecule has 2 heteroatoms. The van der Waals surface area contributed by atoms with Gasteiger partial charge in [-0.1, -0.05) is 31.2 Å². The molecule has 0 aliphatic carbocycles. The third-order valence-corrected chi connectivity index (χ3v) is 3.80. The van der Waals surface area contributed by atoms with Crippen LogP contribution in [0.5, 0.6) is 0 Å². The van der Waals surface area contributed by atoms with Crippen molar-refractivity contribution in [2.45, 2.75) is 39.7 Å². The van der Waals surface area contributed by atoms with Crippen LogP contribution in [-0.4, -0.2) is 11.8 Å². The third-order valence-electron chi connectivity index (χ3n) is 3.80. The van der Waals surface area contributed by atoms with E-state index in [1.54, 1.807) is 0 Å². The highest BCUT2D eigenvalue weighted by Gasteiger charge is 2.25. The molecule has 0 radical (unpaired) electrons. The molecule has 1 N–H and O–H groups in total. The number of nitrogens with one attached hydrogen (secondary N) is 1. The minimum Gasteiger partial charge on any atom is -0.375 e. The monoisotopic (exact) mass is 268 g/mol. The minimum absolute atomic E-state index is 0.268. The number of benzene rings is 1. The largest absolute Gasteiger partial charge is 0.375 e. The molecule has 2 atom stereocenters. The Bertz CT molecular complexity index is 540. The highest BCUT2D eigenvalue weighted by molar-refractivity contribution is 6.00. The van der Waals surface area contributed by atoms with Crippen molar-refractivity contribution in [3.05, 3.63) is 48.6 Å². The predicted molar refractivity (Wildman–Crippen MR) is 89.1 cm³/mol. The minimum atomic E-state index is 0.268. The Morgan fingerprint density at radius 3 is 2.90 bits per heavy atom. The summed E-state index contributed by atoms with van der Waals surface area (Å²) in [6.07, 6.45) is 8.31. The fourth-order valence-electron chi connectivity index (χ4n) is 2.62. The standard InChI is InChI=1S/C18H24N2/c1-5-8-9-16-18(14(6-2)7-3)20-17-12-13(4)10-11-15(17)19-16/h5-6,8,10-12,14,16,19H,2,7,9H2,1,3-4H3/b8-5-. The van der Waals surface area contributed by atoms with Crippen molar-refractivity contribution in [1.82, 2.24) is 0 Å². The van der Waals surface area contributed by atoms with Gasteiger partial charge in [0.25, 0.3) is 0 Å². The molecule has 2 rings (SSSR count). The fourth-order valence-corrected chi connectivity index (χ4v) is 2.62. The van der Waals surface area contributed by atoms with E-state index < -0.39 is 0 Å². The van der Waals surface area contributed by atoms with Crippen LogP contribution < -0.4 is 5.32 Å². The molecule has 20 heavy (non-hydrogen) atoms. The summed E-state index contributed by atoms with van der Waals surface area (Å²) in [6.45, 7) is 10.3.